The van der Waals surface area contributed by atoms with Gasteiger partial charge in [0, 0.05) is 37.5 Å². The summed E-state index contributed by atoms with van der Waals surface area (Å²) in [4.78, 5) is 2.57. The molecular formula is C21H29N5O. The molecule has 3 aliphatic rings. The number of hydrogen-bond acceptors (Lipinski definition) is 5. The topological polar surface area (TPSA) is 55.2 Å². The lowest BCUT2D eigenvalue weighted by molar-refractivity contribution is 0.133. The molecule has 27 heavy (non-hydrogen) atoms. The molecule has 3 aliphatic heterocycles. The fourth-order valence-electron chi connectivity index (χ4n) is 4.81. The standard InChI is InChI=1S/C21H29N5O/c1-21(2)12-16-4-3-5-17(19(16)27-21)14-25-9-6-15(7-10-25)20-24-23-18-13-22-8-11-26(18)20/h3-5,15,22H,6-14H2,1-2H3. The van der Waals surface area contributed by atoms with E-state index in [1.54, 1.807) is 0 Å². The Balaban J connectivity index is 1.25. The van der Waals surface area contributed by atoms with Crippen molar-refractivity contribution in [3.8, 4) is 5.75 Å². The number of aromatic nitrogens is 3. The van der Waals surface area contributed by atoms with E-state index in [0.29, 0.717) is 5.92 Å². The van der Waals surface area contributed by atoms with Gasteiger partial charge in [0.1, 0.15) is 23.0 Å². The lowest BCUT2D eigenvalue weighted by Crippen LogP contribution is -2.35. The minimum absolute atomic E-state index is 0.0763. The van der Waals surface area contributed by atoms with Crippen molar-refractivity contribution in [3.05, 3.63) is 41.0 Å². The van der Waals surface area contributed by atoms with Crippen molar-refractivity contribution in [2.75, 3.05) is 19.6 Å². The first-order chi connectivity index (χ1) is 13.1. The van der Waals surface area contributed by atoms with Gasteiger partial charge >= 0.3 is 0 Å². The summed E-state index contributed by atoms with van der Waals surface area (Å²) in [5.41, 5.74) is 2.62. The molecule has 1 N–H and O–H groups in total. The summed E-state index contributed by atoms with van der Waals surface area (Å²) in [6.45, 7) is 10.4. The van der Waals surface area contributed by atoms with Crippen molar-refractivity contribution in [1.82, 2.24) is 25.0 Å². The number of benzene rings is 1. The van der Waals surface area contributed by atoms with E-state index in [-0.39, 0.29) is 5.60 Å². The van der Waals surface area contributed by atoms with Crippen molar-refractivity contribution in [3.63, 3.8) is 0 Å². The average molecular weight is 367 g/mol. The van der Waals surface area contributed by atoms with Crippen LogP contribution in [0.25, 0.3) is 0 Å². The van der Waals surface area contributed by atoms with Gasteiger partial charge in [-0.15, -0.1) is 10.2 Å². The highest BCUT2D eigenvalue weighted by Gasteiger charge is 2.32. The molecule has 144 valence electrons. The van der Waals surface area contributed by atoms with Crippen LogP contribution >= 0.6 is 0 Å². The summed E-state index contributed by atoms with van der Waals surface area (Å²) < 4.78 is 8.60. The largest absolute Gasteiger partial charge is 0.487 e. The molecule has 1 aromatic heterocycles. The Morgan fingerprint density at radius 3 is 2.89 bits per heavy atom. The third kappa shape index (κ3) is 3.25. The van der Waals surface area contributed by atoms with E-state index < -0.39 is 0 Å². The van der Waals surface area contributed by atoms with Gasteiger partial charge in [0.15, 0.2) is 0 Å². The summed E-state index contributed by atoms with van der Waals surface area (Å²) >= 11 is 0. The van der Waals surface area contributed by atoms with Crippen LogP contribution in [0.1, 0.15) is 55.4 Å². The van der Waals surface area contributed by atoms with Crippen LogP contribution in [0.15, 0.2) is 18.2 Å². The lowest BCUT2D eigenvalue weighted by atomic mass is 9.95. The summed E-state index contributed by atoms with van der Waals surface area (Å²) in [6.07, 6.45) is 3.32. The zero-order valence-corrected chi connectivity index (χ0v) is 16.4. The first-order valence-corrected chi connectivity index (χ1v) is 10.2. The molecule has 0 amide bonds. The molecule has 0 saturated carbocycles. The third-order valence-electron chi connectivity index (χ3n) is 6.17. The van der Waals surface area contributed by atoms with Crippen molar-refractivity contribution in [2.24, 2.45) is 0 Å². The second kappa shape index (κ2) is 6.60. The van der Waals surface area contributed by atoms with Crippen LogP contribution in [-0.2, 0) is 26.1 Å². The first-order valence-electron chi connectivity index (χ1n) is 10.2. The Bertz CT molecular complexity index is 835. The lowest BCUT2D eigenvalue weighted by Gasteiger charge is -2.32. The SMILES string of the molecule is CC1(C)Cc2cccc(CN3CCC(c4nnc5n4CCNC5)CC3)c2O1. The van der Waals surface area contributed by atoms with Gasteiger partial charge < -0.3 is 14.6 Å². The monoisotopic (exact) mass is 367 g/mol. The number of fused-ring (bicyclic) bond motifs is 2. The molecule has 4 heterocycles. The van der Waals surface area contributed by atoms with Gasteiger partial charge in [-0.3, -0.25) is 4.90 Å². The van der Waals surface area contributed by atoms with Gasteiger partial charge in [-0.05, 0) is 45.3 Å². The number of likely N-dealkylation sites (tertiary alicyclic amines) is 1. The number of piperidine rings is 1. The second-order valence-corrected chi connectivity index (χ2v) is 8.80. The molecule has 1 saturated heterocycles. The maximum atomic E-state index is 6.26. The van der Waals surface area contributed by atoms with E-state index in [1.165, 1.54) is 17.0 Å². The van der Waals surface area contributed by atoms with Gasteiger partial charge in [0.25, 0.3) is 0 Å². The fourth-order valence-corrected chi connectivity index (χ4v) is 4.81. The van der Waals surface area contributed by atoms with Crippen LogP contribution in [0, 0.1) is 0 Å². The summed E-state index contributed by atoms with van der Waals surface area (Å²) in [5.74, 6) is 3.97. The van der Waals surface area contributed by atoms with E-state index in [4.69, 9.17) is 4.74 Å². The molecule has 0 atom stereocenters. The van der Waals surface area contributed by atoms with Crippen LogP contribution in [0.3, 0.4) is 0 Å². The average Bonchev–Trinajstić information content (AvgIpc) is 3.22. The molecule has 0 bridgehead atoms. The minimum atomic E-state index is -0.0763. The van der Waals surface area contributed by atoms with Gasteiger partial charge in [-0.25, -0.2) is 0 Å². The van der Waals surface area contributed by atoms with E-state index >= 15 is 0 Å². The Morgan fingerprint density at radius 2 is 2.04 bits per heavy atom. The zero-order valence-electron chi connectivity index (χ0n) is 16.4. The predicted octanol–water partition coefficient (Wildman–Crippen LogP) is 2.47. The summed E-state index contributed by atoms with van der Waals surface area (Å²) in [5, 5.41) is 12.3. The Kier molecular flexibility index (Phi) is 4.20. The first kappa shape index (κ1) is 17.2. The third-order valence-corrected chi connectivity index (χ3v) is 6.17. The Labute approximate surface area is 160 Å². The summed E-state index contributed by atoms with van der Waals surface area (Å²) in [7, 11) is 0. The molecule has 1 aromatic carbocycles. The normalized spacial score (nSPS) is 22.3. The highest BCUT2D eigenvalue weighted by Crippen LogP contribution is 2.38. The quantitative estimate of drug-likeness (QED) is 0.903. The van der Waals surface area contributed by atoms with Crippen LogP contribution in [0.2, 0.25) is 0 Å². The Hall–Kier alpha value is -1.92. The number of hydrogen-bond donors (Lipinski definition) is 1. The van der Waals surface area contributed by atoms with E-state index in [2.05, 4.69) is 57.0 Å². The molecular weight excluding hydrogens is 338 g/mol. The number of para-hydroxylation sites is 1. The highest BCUT2D eigenvalue weighted by molar-refractivity contribution is 5.45. The molecule has 5 rings (SSSR count). The molecule has 1 fully saturated rings. The van der Waals surface area contributed by atoms with Crippen molar-refractivity contribution >= 4 is 0 Å². The molecule has 2 aromatic rings. The van der Waals surface area contributed by atoms with Gasteiger partial charge in [-0.2, -0.15) is 0 Å². The van der Waals surface area contributed by atoms with Crippen LogP contribution in [0.4, 0.5) is 0 Å². The molecule has 6 heteroatoms. The Morgan fingerprint density at radius 1 is 1.19 bits per heavy atom. The predicted molar refractivity (Wildman–Crippen MR) is 104 cm³/mol. The fraction of sp³-hybridized carbons (Fsp3) is 0.619. The molecule has 0 unspecified atom stereocenters. The number of nitrogens with one attached hydrogen (secondary N) is 1. The maximum absolute atomic E-state index is 6.26. The van der Waals surface area contributed by atoms with Crippen LogP contribution in [-0.4, -0.2) is 44.9 Å². The van der Waals surface area contributed by atoms with Crippen molar-refractivity contribution < 1.29 is 4.74 Å². The molecule has 0 aliphatic carbocycles. The highest BCUT2D eigenvalue weighted by atomic mass is 16.5. The van der Waals surface area contributed by atoms with Gasteiger partial charge in [0.2, 0.25) is 0 Å². The second-order valence-electron chi connectivity index (χ2n) is 8.80. The number of rotatable bonds is 3. The van der Waals surface area contributed by atoms with Gasteiger partial charge in [-0.1, -0.05) is 18.2 Å². The van der Waals surface area contributed by atoms with Crippen molar-refractivity contribution in [2.45, 2.75) is 64.3 Å². The minimum Gasteiger partial charge on any atom is -0.487 e. The summed E-state index contributed by atoms with van der Waals surface area (Å²) in [6, 6.07) is 6.62. The smallest absolute Gasteiger partial charge is 0.147 e. The maximum Gasteiger partial charge on any atom is 0.147 e. The van der Waals surface area contributed by atoms with E-state index in [9.17, 15) is 0 Å². The zero-order chi connectivity index (χ0) is 18.4. The molecule has 6 nitrogen and oxygen atoms in total. The van der Waals surface area contributed by atoms with Crippen LogP contribution < -0.4 is 10.1 Å². The van der Waals surface area contributed by atoms with E-state index in [1.807, 2.05) is 0 Å². The van der Waals surface area contributed by atoms with Crippen LogP contribution in [0.5, 0.6) is 5.75 Å². The van der Waals surface area contributed by atoms with Crippen molar-refractivity contribution in [1.29, 1.82) is 0 Å². The van der Waals surface area contributed by atoms with Gasteiger partial charge in [0.05, 0.1) is 6.54 Å². The number of ether oxygens (including phenoxy) is 1. The molecule has 0 spiro atoms. The molecule has 0 radical (unpaired) electrons. The van der Waals surface area contributed by atoms with E-state index in [0.717, 1.165) is 70.1 Å². The number of nitrogens with zero attached hydrogens (tertiary/aromatic N) is 4.